The van der Waals surface area contributed by atoms with Gasteiger partial charge in [0.1, 0.15) is 5.78 Å². The van der Waals surface area contributed by atoms with Crippen molar-refractivity contribution in [1.29, 1.82) is 0 Å². The van der Waals surface area contributed by atoms with E-state index in [4.69, 9.17) is 5.11 Å². The zero-order chi connectivity index (χ0) is 8.10. The van der Waals surface area contributed by atoms with Crippen LogP contribution in [0.4, 0.5) is 0 Å². The van der Waals surface area contributed by atoms with Crippen LogP contribution in [0.1, 0.15) is 25.7 Å². The Hall–Kier alpha value is -0.630. The molecule has 0 aliphatic heterocycles. The molecule has 0 radical (unpaired) electrons. The molecule has 2 nitrogen and oxygen atoms in total. The van der Waals surface area contributed by atoms with Gasteiger partial charge in [-0.3, -0.25) is 4.79 Å². The van der Waals surface area contributed by atoms with E-state index in [2.05, 4.69) is 6.08 Å². The highest BCUT2D eigenvalue weighted by atomic mass is 16.2. The summed E-state index contributed by atoms with van der Waals surface area (Å²) in [5, 5.41) is 8.55. The van der Waals surface area contributed by atoms with Crippen LogP contribution in [0.25, 0.3) is 0 Å². The van der Waals surface area contributed by atoms with Gasteiger partial charge in [-0.05, 0) is 19.3 Å². The first-order valence-corrected chi connectivity index (χ1v) is 4.15. The number of allylic oxidation sites excluding steroid dienone is 2. The molecule has 0 fully saturated rings. The molecule has 0 heterocycles. The highest BCUT2D eigenvalue weighted by molar-refractivity contribution is 5.83. The molecule has 0 aromatic heterocycles. The summed E-state index contributed by atoms with van der Waals surface area (Å²) in [4.78, 5) is 11.2. The summed E-state index contributed by atoms with van der Waals surface area (Å²) >= 11 is 0. The van der Waals surface area contributed by atoms with Crippen molar-refractivity contribution in [2.24, 2.45) is 5.92 Å². The van der Waals surface area contributed by atoms with E-state index in [1.54, 1.807) is 0 Å². The molecule has 0 saturated carbocycles. The van der Waals surface area contributed by atoms with Gasteiger partial charge in [-0.25, -0.2) is 0 Å². The smallest absolute Gasteiger partial charge is 0.140 e. The molecule has 0 bridgehead atoms. The summed E-state index contributed by atoms with van der Waals surface area (Å²) < 4.78 is 0. The number of ketones is 1. The third kappa shape index (κ3) is 2.46. The van der Waals surface area contributed by atoms with Crippen molar-refractivity contribution in [2.45, 2.75) is 25.7 Å². The summed E-state index contributed by atoms with van der Waals surface area (Å²) in [7, 11) is 0. The predicted octanol–water partition coefficient (Wildman–Crippen LogP) is 1.29. The molecule has 62 valence electrons. The van der Waals surface area contributed by atoms with E-state index in [0.717, 1.165) is 19.3 Å². The van der Waals surface area contributed by atoms with E-state index in [1.807, 2.05) is 6.08 Å². The van der Waals surface area contributed by atoms with E-state index >= 15 is 0 Å². The van der Waals surface area contributed by atoms with Crippen LogP contribution in [0, 0.1) is 5.92 Å². The number of hydrogen-bond acceptors (Lipinski definition) is 2. The molecule has 0 amide bonds. The first-order chi connectivity index (χ1) is 5.34. The lowest BCUT2D eigenvalue weighted by atomic mass is 9.91. The number of Topliss-reactive ketones (excluding diaryl/α,β-unsaturated/α-hetero) is 1. The van der Waals surface area contributed by atoms with Crippen LogP contribution in [0.2, 0.25) is 0 Å². The van der Waals surface area contributed by atoms with Gasteiger partial charge in [0, 0.05) is 18.9 Å². The molecule has 0 aromatic carbocycles. The van der Waals surface area contributed by atoms with Crippen molar-refractivity contribution in [3.63, 3.8) is 0 Å². The monoisotopic (exact) mass is 154 g/mol. The van der Waals surface area contributed by atoms with Gasteiger partial charge in [0.05, 0.1) is 0 Å². The first kappa shape index (κ1) is 8.47. The van der Waals surface area contributed by atoms with Gasteiger partial charge >= 0.3 is 0 Å². The van der Waals surface area contributed by atoms with Crippen molar-refractivity contribution in [2.75, 3.05) is 6.61 Å². The topological polar surface area (TPSA) is 37.3 Å². The number of carbonyl (C=O) groups is 1. The second kappa shape index (κ2) is 4.29. The molecule has 0 aromatic rings. The van der Waals surface area contributed by atoms with Crippen LogP contribution < -0.4 is 0 Å². The molecule has 1 unspecified atom stereocenters. The normalized spacial score (nSPS) is 24.1. The SMILES string of the molecule is O=C1CCC=CC1CCCO. The Kier molecular flexibility index (Phi) is 3.30. The van der Waals surface area contributed by atoms with E-state index < -0.39 is 0 Å². The van der Waals surface area contributed by atoms with Crippen LogP contribution in [0.3, 0.4) is 0 Å². The summed E-state index contributed by atoms with van der Waals surface area (Å²) in [6.45, 7) is 0.192. The Balaban J connectivity index is 2.35. The van der Waals surface area contributed by atoms with Crippen molar-refractivity contribution in [3.8, 4) is 0 Å². The van der Waals surface area contributed by atoms with Gasteiger partial charge in [0.25, 0.3) is 0 Å². The third-order valence-electron chi connectivity index (χ3n) is 2.01. The van der Waals surface area contributed by atoms with Crippen molar-refractivity contribution < 1.29 is 9.90 Å². The second-order valence-electron chi connectivity index (χ2n) is 2.91. The summed E-state index contributed by atoms with van der Waals surface area (Å²) in [5.74, 6) is 0.428. The van der Waals surface area contributed by atoms with Gasteiger partial charge in [0.2, 0.25) is 0 Å². The van der Waals surface area contributed by atoms with Gasteiger partial charge in [-0.2, -0.15) is 0 Å². The van der Waals surface area contributed by atoms with Crippen molar-refractivity contribution in [1.82, 2.24) is 0 Å². The Morgan fingerprint density at radius 1 is 1.64 bits per heavy atom. The zero-order valence-electron chi connectivity index (χ0n) is 6.62. The maximum atomic E-state index is 11.2. The van der Waals surface area contributed by atoms with E-state index in [-0.39, 0.29) is 12.5 Å². The molecule has 11 heavy (non-hydrogen) atoms. The molecule has 1 atom stereocenters. The fourth-order valence-electron chi connectivity index (χ4n) is 1.35. The van der Waals surface area contributed by atoms with E-state index in [9.17, 15) is 4.79 Å². The third-order valence-corrected chi connectivity index (χ3v) is 2.01. The standard InChI is InChI=1S/C9H14O2/c10-7-3-5-8-4-1-2-6-9(8)11/h1,4,8,10H,2-3,5-7H2. The highest BCUT2D eigenvalue weighted by Crippen LogP contribution is 2.17. The maximum Gasteiger partial charge on any atom is 0.140 e. The fraction of sp³-hybridized carbons (Fsp3) is 0.667. The minimum Gasteiger partial charge on any atom is -0.396 e. The molecular weight excluding hydrogens is 140 g/mol. The average Bonchev–Trinajstić information content (AvgIpc) is 2.03. The number of hydrogen-bond donors (Lipinski definition) is 1. The Labute approximate surface area is 66.9 Å². The fourth-order valence-corrected chi connectivity index (χ4v) is 1.35. The lowest BCUT2D eigenvalue weighted by Crippen LogP contribution is -2.15. The molecular formula is C9H14O2. The second-order valence-corrected chi connectivity index (χ2v) is 2.91. The minimum absolute atomic E-state index is 0.0934. The van der Waals surface area contributed by atoms with Crippen LogP contribution >= 0.6 is 0 Å². The molecule has 2 heteroatoms. The largest absolute Gasteiger partial charge is 0.396 e. The van der Waals surface area contributed by atoms with Gasteiger partial charge in [0.15, 0.2) is 0 Å². The molecule has 0 spiro atoms. The molecule has 1 aliphatic rings. The van der Waals surface area contributed by atoms with Gasteiger partial charge < -0.3 is 5.11 Å². The minimum atomic E-state index is 0.0934. The first-order valence-electron chi connectivity index (χ1n) is 4.15. The maximum absolute atomic E-state index is 11.2. The Morgan fingerprint density at radius 2 is 2.45 bits per heavy atom. The van der Waals surface area contributed by atoms with Crippen LogP contribution in [0.15, 0.2) is 12.2 Å². The van der Waals surface area contributed by atoms with Crippen molar-refractivity contribution >= 4 is 5.78 Å². The van der Waals surface area contributed by atoms with Crippen LogP contribution in [0.5, 0.6) is 0 Å². The van der Waals surface area contributed by atoms with Crippen molar-refractivity contribution in [3.05, 3.63) is 12.2 Å². The number of carbonyl (C=O) groups excluding carboxylic acids is 1. The number of rotatable bonds is 3. The number of aliphatic hydroxyl groups excluding tert-OH is 1. The summed E-state index contributed by atoms with van der Waals surface area (Å²) in [6, 6.07) is 0. The number of aliphatic hydroxyl groups is 1. The quantitative estimate of drug-likeness (QED) is 0.622. The van der Waals surface area contributed by atoms with Gasteiger partial charge in [-0.1, -0.05) is 12.2 Å². The molecule has 1 N–H and O–H groups in total. The van der Waals surface area contributed by atoms with E-state index in [0.29, 0.717) is 12.2 Å². The zero-order valence-corrected chi connectivity index (χ0v) is 6.62. The Morgan fingerprint density at radius 3 is 3.09 bits per heavy atom. The van der Waals surface area contributed by atoms with Crippen LogP contribution in [-0.2, 0) is 4.79 Å². The molecule has 1 rings (SSSR count). The van der Waals surface area contributed by atoms with E-state index in [1.165, 1.54) is 0 Å². The summed E-state index contributed by atoms with van der Waals surface area (Å²) in [6.07, 6.45) is 7.17. The van der Waals surface area contributed by atoms with Gasteiger partial charge in [-0.15, -0.1) is 0 Å². The Bertz CT molecular complexity index is 161. The lowest BCUT2D eigenvalue weighted by molar-refractivity contribution is -0.122. The molecule has 1 aliphatic carbocycles. The lowest BCUT2D eigenvalue weighted by Gasteiger charge is -2.13. The van der Waals surface area contributed by atoms with Crippen LogP contribution in [-0.4, -0.2) is 17.5 Å². The average molecular weight is 154 g/mol. The summed E-state index contributed by atoms with van der Waals surface area (Å²) in [5.41, 5.74) is 0. The highest BCUT2D eigenvalue weighted by Gasteiger charge is 2.16. The molecule has 0 saturated heterocycles. The predicted molar refractivity (Wildman–Crippen MR) is 43.2 cm³/mol.